The van der Waals surface area contributed by atoms with E-state index in [0.717, 1.165) is 16.3 Å². The molecule has 7 heteroatoms. The summed E-state index contributed by atoms with van der Waals surface area (Å²) in [6.45, 7) is 3.29. The number of carbonyl (C=O) groups is 2. The Morgan fingerprint density at radius 1 is 1.00 bits per heavy atom. The second-order valence-corrected chi connectivity index (χ2v) is 7.29. The summed E-state index contributed by atoms with van der Waals surface area (Å²) in [5.41, 5.74) is 1.95. The van der Waals surface area contributed by atoms with E-state index < -0.39 is 24.2 Å². The number of ketones is 1. The van der Waals surface area contributed by atoms with Gasteiger partial charge in [-0.2, -0.15) is 0 Å². The molecule has 32 heavy (non-hydrogen) atoms. The summed E-state index contributed by atoms with van der Waals surface area (Å²) >= 11 is 0. The van der Waals surface area contributed by atoms with E-state index in [-0.39, 0.29) is 17.7 Å². The van der Waals surface area contributed by atoms with Crippen molar-refractivity contribution in [2.24, 2.45) is 0 Å². The van der Waals surface area contributed by atoms with Crippen LogP contribution in [0.1, 0.15) is 37.7 Å². The van der Waals surface area contributed by atoms with Crippen LogP contribution in [0.25, 0.3) is 10.8 Å². The minimum atomic E-state index is -0.694. The fourth-order valence-electron chi connectivity index (χ4n) is 3.28. The van der Waals surface area contributed by atoms with Crippen LogP contribution in [0.15, 0.2) is 65.2 Å². The molecule has 0 aliphatic heterocycles. The van der Waals surface area contributed by atoms with Crippen LogP contribution < -0.4 is 4.74 Å². The van der Waals surface area contributed by atoms with Gasteiger partial charge in [-0.05, 0) is 61.0 Å². The molecule has 6 nitrogen and oxygen atoms in total. The van der Waals surface area contributed by atoms with E-state index in [2.05, 4.69) is 5.16 Å². The number of aryl methyl sites for hydroxylation is 2. The summed E-state index contributed by atoms with van der Waals surface area (Å²) in [6, 6.07) is 16.0. The van der Waals surface area contributed by atoms with E-state index in [0.29, 0.717) is 17.2 Å². The highest BCUT2D eigenvalue weighted by Crippen LogP contribution is 2.28. The second kappa shape index (κ2) is 9.01. The maximum atomic E-state index is 13.1. The second-order valence-electron chi connectivity index (χ2n) is 7.29. The maximum Gasteiger partial charge on any atom is 0.342 e. The van der Waals surface area contributed by atoms with Gasteiger partial charge in [0.25, 0.3) is 0 Å². The van der Waals surface area contributed by atoms with Gasteiger partial charge >= 0.3 is 5.97 Å². The van der Waals surface area contributed by atoms with E-state index in [9.17, 15) is 14.0 Å². The average Bonchev–Trinajstić information content (AvgIpc) is 3.12. The zero-order valence-corrected chi connectivity index (χ0v) is 17.6. The number of ether oxygens (including phenoxy) is 2. The van der Waals surface area contributed by atoms with Crippen LogP contribution in [0.4, 0.5) is 4.39 Å². The van der Waals surface area contributed by atoms with Gasteiger partial charge in [-0.1, -0.05) is 29.4 Å². The van der Waals surface area contributed by atoms with Crippen molar-refractivity contribution in [2.45, 2.75) is 20.5 Å². The first-order chi connectivity index (χ1) is 15.4. The number of rotatable bonds is 7. The molecule has 0 fully saturated rings. The molecule has 3 aromatic carbocycles. The number of halogens is 1. The lowest BCUT2D eigenvalue weighted by Gasteiger charge is -2.13. The van der Waals surface area contributed by atoms with Crippen molar-refractivity contribution < 1.29 is 28.0 Å². The highest BCUT2D eigenvalue weighted by molar-refractivity contribution is 6.02. The molecule has 1 aromatic heterocycles. The number of hydrogen-bond acceptors (Lipinski definition) is 6. The summed E-state index contributed by atoms with van der Waals surface area (Å²) in [7, 11) is 0. The molecule has 1 heterocycles. The fraction of sp³-hybridized carbons (Fsp3) is 0.160. The number of nitrogens with zero attached hydrogens (tertiary/aromatic N) is 1. The predicted octanol–water partition coefficient (Wildman–Crippen LogP) is 5.20. The van der Waals surface area contributed by atoms with Crippen LogP contribution in [0.5, 0.6) is 5.75 Å². The lowest BCUT2D eigenvalue weighted by Crippen LogP contribution is -2.15. The highest BCUT2D eigenvalue weighted by Gasteiger charge is 2.19. The van der Waals surface area contributed by atoms with Crippen LogP contribution in [0, 0.1) is 19.7 Å². The lowest BCUT2D eigenvalue weighted by molar-refractivity contribution is 0.0470. The molecular weight excluding hydrogens is 413 g/mol. The number of aromatic nitrogens is 1. The standard InChI is InChI=1S/C25H20FNO5/c1-15-22(16(2)32-27-15)13-30-24-12-19-6-4-3-5-18(19)11-21(24)25(29)31-14-23(28)17-7-9-20(26)10-8-17/h3-12H,13-14H2,1-2H3. The number of esters is 1. The third kappa shape index (κ3) is 4.51. The third-order valence-corrected chi connectivity index (χ3v) is 5.12. The first-order valence-electron chi connectivity index (χ1n) is 9.95. The van der Waals surface area contributed by atoms with Gasteiger partial charge in [0, 0.05) is 5.56 Å². The summed E-state index contributed by atoms with van der Waals surface area (Å²) in [4.78, 5) is 25.1. The Morgan fingerprint density at radius 3 is 2.34 bits per heavy atom. The van der Waals surface area contributed by atoms with E-state index >= 15 is 0 Å². The Kier molecular flexibility index (Phi) is 5.98. The minimum absolute atomic E-state index is 0.161. The lowest BCUT2D eigenvalue weighted by atomic mass is 10.1. The summed E-state index contributed by atoms with van der Waals surface area (Å²) in [5, 5.41) is 5.63. The Balaban J connectivity index is 1.56. The van der Waals surface area contributed by atoms with E-state index in [1.54, 1.807) is 19.1 Å². The van der Waals surface area contributed by atoms with Crippen LogP contribution in [0.2, 0.25) is 0 Å². The number of carbonyl (C=O) groups excluding carboxylic acids is 2. The van der Waals surface area contributed by atoms with Gasteiger partial charge < -0.3 is 14.0 Å². The molecule has 162 valence electrons. The molecule has 0 N–H and O–H groups in total. The van der Waals surface area contributed by atoms with Gasteiger partial charge in [0.15, 0.2) is 12.4 Å². The quantitative estimate of drug-likeness (QED) is 0.294. The molecule has 0 unspecified atom stereocenters. The van der Waals surface area contributed by atoms with E-state index in [4.69, 9.17) is 14.0 Å². The molecule has 4 rings (SSSR count). The first-order valence-corrected chi connectivity index (χ1v) is 9.95. The fourth-order valence-corrected chi connectivity index (χ4v) is 3.28. The van der Waals surface area contributed by atoms with Gasteiger partial charge in [-0.15, -0.1) is 0 Å². The number of Topliss-reactive ketones (excluding diaryl/α,β-unsaturated/α-hetero) is 1. The summed E-state index contributed by atoms with van der Waals surface area (Å²) < 4.78 is 29.4. The van der Waals surface area contributed by atoms with Crippen LogP contribution >= 0.6 is 0 Å². The molecule has 0 aliphatic carbocycles. The molecule has 0 saturated heterocycles. The Bertz CT molecular complexity index is 1270. The zero-order chi connectivity index (χ0) is 22.7. The highest BCUT2D eigenvalue weighted by atomic mass is 19.1. The van der Waals surface area contributed by atoms with Gasteiger partial charge in [-0.3, -0.25) is 4.79 Å². The number of fused-ring (bicyclic) bond motifs is 1. The minimum Gasteiger partial charge on any atom is -0.488 e. The Labute approximate surface area is 183 Å². The van der Waals surface area contributed by atoms with Crippen molar-refractivity contribution in [1.29, 1.82) is 0 Å². The van der Waals surface area contributed by atoms with Gasteiger partial charge in [0.1, 0.15) is 29.5 Å². The van der Waals surface area contributed by atoms with Crippen molar-refractivity contribution in [3.63, 3.8) is 0 Å². The molecule has 0 bridgehead atoms. The number of benzene rings is 3. The first kappa shape index (κ1) is 21.2. The monoisotopic (exact) mass is 433 g/mol. The molecule has 0 aliphatic rings. The molecule has 0 saturated carbocycles. The summed E-state index contributed by atoms with van der Waals surface area (Å²) in [5.74, 6) is -0.618. The van der Waals surface area contributed by atoms with Crippen molar-refractivity contribution >= 4 is 22.5 Å². The molecule has 0 amide bonds. The van der Waals surface area contributed by atoms with Crippen LogP contribution in [0.3, 0.4) is 0 Å². The van der Waals surface area contributed by atoms with Crippen molar-refractivity contribution in [1.82, 2.24) is 5.16 Å². The van der Waals surface area contributed by atoms with Crippen molar-refractivity contribution in [3.8, 4) is 5.75 Å². The Morgan fingerprint density at radius 2 is 1.69 bits per heavy atom. The largest absolute Gasteiger partial charge is 0.488 e. The number of hydrogen-bond donors (Lipinski definition) is 0. The van der Waals surface area contributed by atoms with Gasteiger partial charge in [0.2, 0.25) is 0 Å². The van der Waals surface area contributed by atoms with Gasteiger partial charge in [0.05, 0.1) is 11.3 Å². The van der Waals surface area contributed by atoms with E-state index in [1.165, 1.54) is 24.3 Å². The predicted molar refractivity (Wildman–Crippen MR) is 115 cm³/mol. The smallest absolute Gasteiger partial charge is 0.342 e. The SMILES string of the molecule is Cc1noc(C)c1COc1cc2ccccc2cc1C(=O)OCC(=O)c1ccc(F)cc1. The molecule has 0 spiro atoms. The average molecular weight is 433 g/mol. The zero-order valence-electron chi connectivity index (χ0n) is 17.6. The van der Waals surface area contributed by atoms with Crippen LogP contribution in [-0.4, -0.2) is 23.5 Å². The Hall–Kier alpha value is -4.00. The van der Waals surface area contributed by atoms with Crippen molar-refractivity contribution in [2.75, 3.05) is 6.61 Å². The van der Waals surface area contributed by atoms with Crippen molar-refractivity contribution in [3.05, 3.63) is 94.6 Å². The topological polar surface area (TPSA) is 78.6 Å². The molecule has 0 radical (unpaired) electrons. The molecule has 0 atom stereocenters. The summed E-state index contributed by atoms with van der Waals surface area (Å²) in [6.07, 6.45) is 0. The maximum absolute atomic E-state index is 13.1. The third-order valence-electron chi connectivity index (χ3n) is 5.12. The molecular formula is C25H20FNO5. The van der Waals surface area contributed by atoms with E-state index in [1.807, 2.05) is 31.2 Å². The van der Waals surface area contributed by atoms with Crippen LogP contribution in [-0.2, 0) is 11.3 Å². The van der Waals surface area contributed by atoms with Gasteiger partial charge in [-0.25, -0.2) is 9.18 Å². The normalized spacial score (nSPS) is 10.8. The molecule has 4 aromatic rings.